The Balaban J connectivity index is 0.00000380. The minimum Gasteiger partial charge on any atom is -0.543 e. The number of aromatic carboxylic acids is 1. The molecule has 186 valence electrons. The number of carboxylic acids is 1. The molecule has 4 aromatic rings. The van der Waals surface area contributed by atoms with E-state index in [9.17, 15) is 28.6 Å². The van der Waals surface area contributed by atoms with Crippen molar-refractivity contribution in [2.24, 2.45) is 5.73 Å². The minimum atomic E-state index is -1.46. The summed E-state index contributed by atoms with van der Waals surface area (Å²) in [5, 5.41) is 31.3. The topological polar surface area (TPSA) is 159 Å². The van der Waals surface area contributed by atoms with E-state index in [0.717, 1.165) is 23.5 Å². The number of hydrogen-bond donors (Lipinski definition) is 3. The van der Waals surface area contributed by atoms with Crippen LogP contribution in [0.1, 0.15) is 46.0 Å². The van der Waals surface area contributed by atoms with Crippen LogP contribution in [0.4, 0.5) is 19.6 Å². The quantitative estimate of drug-likeness (QED) is 0.239. The van der Waals surface area contributed by atoms with Crippen LogP contribution in [0.25, 0.3) is 10.4 Å². The van der Waals surface area contributed by atoms with Crippen molar-refractivity contribution in [3.8, 4) is 10.4 Å². The number of halogens is 2. The molecule has 0 saturated carbocycles. The molecule has 0 aliphatic carbocycles. The third-order valence-corrected chi connectivity index (χ3v) is 6.18. The van der Waals surface area contributed by atoms with Gasteiger partial charge in [-0.3, -0.25) is 4.79 Å². The number of aromatic nitrogens is 4. The zero-order valence-electron chi connectivity index (χ0n) is 20.0. The van der Waals surface area contributed by atoms with Gasteiger partial charge in [-0.05, 0) is 49.7 Å². The van der Waals surface area contributed by atoms with Gasteiger partial charge >= 0.3 is 51.4 Å². The number of nitrogens with one attached hydrogen (secondary N) is 1. The number of carbonyl (C=O) groups excluding carboxylic acids is 2. The third kappa shape index (κ3) is 6.65. The van der Waals surface area contributed by atoms with E-state index < -0.39 is 29.1 Å². The van der Waals surface area contributed by atoms with E-state index in [-0.39, 0.29) is 90.2 Å². The molecule has 1 amide bonds. The van der Waals surface area contributed by atoms with Crippen LogP contribution in [0, 0.1) is 11.6 Å². The third-order valence-electron chi connectivity index (χ3n) is 5.11. The summed E-state index contributed by atoms with van der Waals surface area (Å²) in [6.45, 7) is 2.91. The predicted molar refractivity (Wildman–Crippen MR) is 124 cm³/mol. The molecule has 3 heterocycles. The van der Waals surface area contributed by atoms with Crippen LogP contribution in [0.2, 0.25) is 0 Å². The Morgan fingerprint density at radius 2 is 1.89 bits per heavy atom. The van der Waals surface area contributed by atoms with E-state index in [1.807, 2.05) is 0 Å². The van der Waals surface area contributed by atoms with E-state index in [1.54, 1.807) is 18.2 Å². The first-order valence-corrected chi connectivity index (χ1v) is 11.2. The van der Waals surface area contributed by atoms with Gasteiger partial charge < -0.3 is 26.1 Å². The first-order chi connectivity index (χ1) is 16.9. The maximum atomic E-state index is 14.9. The Bertz CT molecular complexity index is 1460. The molecule has 0 unspecified atom stereocenters. The molecule has 0 fully saturated rings. The van der Waals surface area contributed by atoms with E-state index in [4.69, 9.17) is 5.73 Å². The fraction of sp³-hybridized carbons (Fsp3) is 0.174. The van der Waals surface area contributed by atoms with Gasteiger partial charge in [0.15, 0.2) is 0 Å². The van der Waals surface area contributed by atoms with Crippen molar-refractivity contribution in [1.29, 1.82) is 0 Å². The Kier molecular flexibility index (Phi) is 8.95. The number of thiophene rings is 1. The normalized spacial score (nSPS) is 11.2. The molecule has 14 heteroatoms. The Labute approximate surface area is 256 Å². The molecular weight excluding hydrogens is 533 g/mol. The number of carboxylic acid groups (broad SMARTS) is 1. The predicted octanol–water partition coefficient (Wildman–Crippen LogP) is -0.835. The van der Waals surface area contributed by atoms with Crippen molar-refractivity contribution in [2.75, 3.05) is 5.32 Å². The van der Waals surface area contributed by atoms with Crippen molar-refractivity contribution in [1.82, 2.24) is 20.0 Å². The summed E-state index contributed by atoms with van der Waals surface area (Å²) in [5.74, 6) is -3.79. The molecule has 0 aliphatic rings. The second-order valence-electron chi connectivity index (χ2n) is 8.32. The summed E-state index contributed by atoms with van der Waals surface area (Å²) >= 11 is 0.900. The Morgan fingerprint density at radius 1 is 1.22 bits per heavy atom. The second-order valence-corrected chi connectivity index (χ2v) is 9.37. The number of carbonyl (C=O) groups is 2. The fourth-order valence-corrected chi connectivity index (χ4v) is 4.46. The molecule has 0 spiro atoms. The number of primary amides is 1. The average molecular weight is 553 g/mol. The number of benzene rings is 1. The first kappa shape index (κ1) is 29.0. The number of hydrogen-bond acceptors (Lipinski definition) is 9. The number of pyridine rings is 1. The smallest absolute Gasteiger partial charge is 0.543 e. The fourth-order valence-electron chi connectivity index (χ4n) is 3.34. The van der Waals surface area contributed by atoms with E-state index in [2.05, 4.69) is 20.6 Å². The molecule has 4 N–H and O–H groups in total. The maximum absolute atomic E-state index is 14.9. The minimum absolute atomic E-state index is 0. The van der Waals surface area contributed by atoms with Gasteiger partial charge in [0.1, 0.15) is 28.1 Å². The summed E-state index contributed by atoms with van der Waals surface area (Å²) in [4.78, 5) is 27.4. The van der Waals surface area contributed by atoms with E-state index in [0.29, 0.717) is 11.5 Å². The van der Waals surface area contributed by atoms with Gasteiger partial charge in [0.2, 0.25) is 0 Å². The largest absolute Gasteiger partial charge is 1.00 e. The second kappa shape index (κ2) is 11.4. The zero-order chi connectivity index (χ0) is 26.2. The van der Waals surface area contributed by atoms with Crippen molar-refractivity contribution in [2.45, 2.75) is 26.0 Å². The summed E-state index contributed by atoms with van der Waals surface area (Å²) in [6, 6.07) is 8.28. The number of aliphatic hydroxyl groups is 1. The molecule has 0 aliphatic heterocycles. The molecule has 3 aromatic heterocycles. The van der Waals surface area contributed by atoms with Crippen molar-refractivity contribution in [3.63, 3.8) is 0 Å². The SMILES string of the molecule is CC(C)(O)c1cc(F)c(-c2cc(C(N)=O)c(Nc3cccc(Cn4cc(C(=O)[O-])nn4)n3)s2)c(F)c1.[K+]. The van der Waals surface area contributed by atoms with Crippen molar-refractivity contribution >= 4 is 34.0 Å². The molecule has 0 atom stereocenters. The molecule has 4 rings (SSSR count). The van der Waals surface area contributed by atoms with Crippen LogP contribution in [0.15, 0.2) is 42.6 Å². The van der Waals surface area contributed by atoms with Crippen molar-refractivity contribution in [3.05, 3.63) is 76.7 Å². The van der Waals surface area contributed by atoms with Crippen LogP contribution in [0.5, 0.6) is 0 Å². The molecule has 37 heavy (non-hydrogen) atoms. The van der Waals surface area contributed by atoms with Gasteiger partial charge in [0.05, 0.1) is 41.1 Å². The number of nitrogens with zero attached hydrogens (tertiary/aromatic N) is 4. The van der Waals surface area contributed by atoms with Crippen molar-refractivity contribution < 1.29 is 80.0 Å². The zero-order valence-corrected chi connectivity index (χ0v) is 23.9. The standard InChI is InChI=1S/C23H20F2N6O4S.K/c1-23(2,35)11-6-14(24)19(15(25)7-11)17-8-13(20(26)32)21(36-17)28-18-5-3-4-12(27-18)9-31-10-16(22(33)34)29-30-31;/h3-8,10,35H,9H2,1-2H3,(H2,26,32)(H,27,28)(H,33,34);/q;+1/p-1. The Hall–Kier alpha value is -2.59. The summed E-state index contributed by atoms with van der Waals surface area (Å²) in [7, 11) is 0. The number of rotatable bonds is 8. The molecule has 0 radical (unpaired) electrons. The van der Waals surface area contributed by atoms with Crippen LogP contribution >= 0.6 is 11.3 Å². The number of nitrogens with two attached hydrogens (primary N) is 1. The molecule has 1 aromatic carbocycles. The summed E-state index contributed by atoms with van der Waals surface area (Å²) in [6.07, 6.45) is 1.19. The number of anilines is 2. The summed E-state index contributed by atoms with van der Waals surface area (Å²) < 4.78 is 31.0. The Morgan fingerprint density at radius 3 is 2.46 bits per heavy atom. The van der Waals surface area contributed by atoms with Gasteiger partial charge in [0.25, 0.3) is 5.91 Å². The van der Waals surface area contributed by atoms with Gasteiger partial charge in [-0.2, -0.15) is 0 Å². The average Bonchev–Trinajstić information content (AvgIpc) is 3.40. The van der Waals surface area contributed by atoms with Gasteiger partial charge in [-0.25, -0.2) is 18.4 Å². The molecule has 0 bridgehead atoms. The van der Waals surface area contributed by atoms with Crippen LogP contribution < -0.4 is 67.5 Å². The van der Waals surface area contributed by atoms with Gasteiger partial charge in [0, 0.05) is 4.88 Å². The van der Waals surface area contributed by atoms with Crippen LogP contribution in [-0.4, -0.2) is 37.0 Å². The van der Waals surface area contributed by atoms with Gasteiger partial charge in [-0.1, -0.05) is 11.3 Å². The number of amides is 1. The van der Waals surface area contributed by atoms with Gasteiger partial charge in [-0.15, -0.1) is 16.4 Å². The molecule has 0 saturated heterocycles. The maximum Gasteiger partial charge on any atom is 1.00 e. The molecule has 10 nitrogen and oxygen atoms in total. The van der Waals surface area contributed by atoms with Crippen LogP contribution in [0.3, 0.4) is 0 Å². The van der Waals surface area contributed by atoms with E-state index in [1.165, 1.54) is 30.8 Å². The van der Waals surface area contributed by atoms with E-state index >= 15 is 0 Å². The summed E-state index contributed by atoms with van der Waals surface area (Å²) in [5.41, 5.74) is 3.90. The monoisotopic (exact) mass is 552 g/mol. The first-order valence-electron chi connectivity index (χ1n) is 10.4. The molecular formula is C23H19F2KN6O4S. The van der Waals surface area contributed by atoms with Crippen LogP contribution in [-0.2, 0) is 12.1 Å².